The van der Waals surface area contributed by atoms with E-state index in [0.717, 1.165) is 18.9 Å². The van der Waals surface area contributed by atoms with Gasteiger partial charge in [0.15, 0.2) is 0 Å². The highest BCUT2D eigenvalue weighted by atomic mass is 19.4. The summed E-state index contributed by atoms with van der Waals surface area (Å²) >= 11 is 0. The van der Waals surface area contributed by atoms with Crippen molar-refractivity contribution in [2.45, 2.75) is 50.2 Å². The van der Waals surface area contributed by atoms with Gasteiger partial charge in [-0.25, -0.2) is 4.98 Å². The van der Waals surface area contributed by atoms with Crippen molar-refractivity contribution >= 4 is 10.9 Å². The van der Waals surface area contributed by atoms with Crippen LogP contribution in [0.4, 0.5) is 26.3 Å². The molecule has 1 aliphatic carbocycles. The lowest BCUT2D eigenvalue weighted by molar-refractivity contribution is -0.142. The molecular weight excluding hydrogens is 376 g/mol. The number of ether oxygens (including phenoxy) is 1. The minimum atomic E-state index is -4.94. The molecule has 148 valence electrons. The van der Waals surface area contributed by atoms with E-state index in [1.54, 1.807) is 0 Å². The molecule has 2 aromatic rings. The number of para-hydroxylation sites is 1. The number of aliphatic hydroxyl groups is 1. The molecular formula is C18H17F6NO2. The minimum absolute atomic E-state index is 0.116. The average Bonchev–Trinajstić information content (AvgIpc) is 3.09. The number of alkyl halides is 6. The molecule has 9 heteroatoms. The number of hydrogen-bond donors (Lipinski definition) is 1. The molecule has 1 heterocycles. The second kappa shape index (κ2) is 7.27. The van der Waals surface area contributed by atoms with Gasteiger partial charge >= 0.3 is 12.4 Å². The standard InChI is InChI=1S/C18H17F6NO2/c19-17(20,21)13-7-3-6-11-12(8-15(18(22,23)24)25-16(11)13)14(9-26)27-10-4-1-2-5-10/h3,6-8,10,14,26H,1-2,4-5,9H2/t14-/m0/s1. The van der Waals surface area contributed by atoms with E-state index in [4.69, 9.17) is 4.74 Å². The molecule has 1 aromatic carbocycles. The number of fused-ring (bicyclic) bond motifs is 1. The van der Waals surface area contributed by atoms with E-state index in [1.165, 1.54) is 6.07 Å². The summed E-state index contributed by atoms with van der Waals surface area (Å²) in [4.78, 5) is 3.24. The predicted molar refractivity (Wildman–Crippen MR) is 84.9 cm³/mol. The van der Waals surface area contributed by atoms with Gasteiger partial charge in [0.25, 0.3) is 0 Å². The van der Waals surface area contributed by atoms with E-state index in [9.17, 15) is 31.4 Å². The second-order valence-corrected chi connectivity index (χ2v) is 6.51. The van der Waals surface area contributed by atoms with E-state index < -0.39 is 41.8 Å². The normalized spacial score (nSPS) is 17.6. The van der Waals surface area contributed by atoms with Crippen LogP contribution in [0.25, 0.3) is 10.9 Å². The Bertz CT molecular complexity index is 812. The summed E-state index contributed by atoms with van der Waals surface area (Å²) in [6.45, 7) is -0.650. The van der Waals surface area contributed by atoms with Gasteiger partial charge < -0.3 is 9.84 Å². The lowest BCUT2D eigenvalue weighted by atomic mass is 9.99. The summed E-state index contributed by atoms with van der Waals surface area (Å²) < 4.78 is 85.3. The molecule has 1 N–H and O–H groups in total. The zero-order valence-electron chi connectivity index (χ0n) is 14.1. The third-order valence-corrected chi connectivity index (χ3v) is 4.64. The third-order valence-electron chi connectivity index (χ3n) is 4.64. The van der Waals surface area contributed by atoms with Crippen LogP contribution in [0.1, 0.15) is 48.6 Å². The molecule has 1 aromatic heterocycles. The molecule has 3 nitrogen and oxygen atoms in total. The maximum atomic E-state index is 13.3. The van der Waals surface area contributed by atoms with E-state index >= 15 is 0 Å². The Balaban J connectivity index is 2.20. The monoisotopic (exact) mass is 393 g/mol. The summed E-state index contributed by atoms with van der Waals surface area (Å²) in [6.07, 6.45) is -8.03. The van der Waals surface area contributed by atoms with Crippen LogP contribution in [0.5, 0.6) is 0 Å². The van der Waals surface area contributed by atoms with Crippen molar-refractivity contribution in [1.82, 2.24) is 4.98 Å². The number of hydrogen-bond acceptors (Lipinski definition) is 3. The zero-order valence-corrected chi connectivity index (χ0v) is 14.1. The number of aliphatic hydroxyl groups excluding tert-OH is 1. The molecule has 0 saturated heterocycles. The fourth-order valence-electron chi connectivity index (χ4n) is 3.39. The van der Waals surface area contributed by atoms with E-state index in [1.807, 2.05) is 0 Å². The Morgan fingerprint density at radius 3 is 2.30 bits per heavy atom. The van der Waals surface area contributed by atoms with Crippen LogP contribution in [0.2, 0.25) is 0 Å². The van der Waals surface area contributed by atoms with Gasteiger partial charge in [-0.3, -0.25) is 0 Å². The maximum absolute atomic E-state index is 13.3. The molecule has 1 saturated carbocycles. The molecule has 0 aliphatic heterocycles. The van der Waals surface area contributed by atoms with Gasteiger partial charge in [0.1, 0.15) is 11.8 Å². The summed E-state index contributed by atoms with van der Waals surface area (Å²) in [5, 5.41) is 9.56. The lowest BCUT2D eigenvalue weighted by Crippen LogP contribution is -2.19. The van der Waals surface area contributed by atoms with Crippen molar-refractivity contribution in [1.29, 1.82) is 0 Å². The number of aromatic nitrogens is 1. The number of pyridine rings is 1. The number of benzene rings is 1. The summed E-state index contributed by atoms with van der Waals surface area (Å²) in [5.41, 5.74) is -3.66. The smallest absolute Gasteiger partial charge is 0.393 e. The number of nitrogens with zero attached hydrogens (tertiary/aromatic N) is 1. The average molecular weight is 393 g/mol. The molecule has 1 atom stereocenters. The van der Waals surface area contributed by atoms with Crippen molar-refractivity contribution in [2.24, 2.45) is 0 Å². The first kappa shape index (κ1) is 19.9. The van der Waals surface area contributed by atoms with Crippen LogP contribution < -0.4 is 0 Å². The summed E-state index contributed by atoms with van der Waals surface area (Å²) in [7, 11) is 0. The quantitative estimate of drug-likeness (QED) is 0.720. The second-order valence-electron chi connectivity index (χ2n) is 6.51. The fraction of sp³-hybridized carbons (Fsp3) is 0.500. The van der Waals surface area contributed by atoms with Crippen molar-refractivity contribution in [3.05, 3.63) is 41.1 Å². The Morgan fingerprint density at radius 2 is 1.74 bits per heavy atom. The number of rotatable bonds is 4. The van der Waals surface area contributed by atoms with Crippen molar-refractivity contribution in [3.8, 4) is 0 Å². The van der Waals surface area contributed by atoms with Gasteiger partial charge in [-0.1, -0.05) is 25.0 Å². The highest BCUT2D eigenvalue weighted by Crippen LogP contribution is 2.40. The molecule has 0 spiro atoms. The minimum Gasteiger partial charge on any atom is -0.393 e. The third kappa shape index (κ3) is 4.19. The highest BCUT2D eigenvalue weighted by Gasteiger charge is 2.38. The Hall–Kier alpha value is -1.87. The number of halogens is 6. The molecule has 0 bridgehead atoms. The summed E-state index contributed by atoms with van der Waals surface area (Å²) in [6, 6.07) is 3.71. The van der Waals surface area contributed by atoms with Gasteiger partial charge in [-0.2, -0.15) is 26.3 Å². The van der Waals surface area contributed by atoms with Crippen LogP contribution in [-0.2, 0) is 17.1 Å². The molecule has 27 heavy (non-hydrogen) atoms. The van der Waals surface area contributed by atoms with E-state index in [2.05, 4.69) is 4.98 Å². The van der Waals surface area contributed by atoms with Gasteiger partial charge in [0.05, 0.1) is 23.8 Å². The summed E-state index contributed by atoms with van der Waals surface area (Å²) in [5.74, 6) is 0. The predicted octanol–water partition coefficient (Wildman–Crippen LogP) is 5.27. The topological polar surface area (TPSA) is 42.4 Å². The Morgan fingerprint density at radius 1 is 1.07 bits per heavy atom. The molecule has 0 radical (unpaired) electrons. The molecule has 0 amide bonds. The molecule has 3 rings (SSSR count). The van der Waals surface area contributed by atoms with Crippen LogP contribution in [0.15, 0.2) is 24.3 Å². The van der Waals surface area contributed by atoms with E-state index in [-0.39, 0.29) is 17.1 Å². The first-order valence-electron chi connectivity index (χ1n) is 8.45. The first-order valence-corrected chi connectivity index (χ1v) is 8.45. The molecule has 1 fully saturated rings. The lowest BCUT2D eigenvalue weighted by Gasteiger charge is -2.23. The van der Waals surface area contributed by atoms with Gasteiger partial charge in [0.2, 0.25) is 0 Å². The SMILES string of the molecule is OC[C@H](OC1CCCC1)c1cc(C(F)(F)F)nc2c(C(F)(F)F)cccc12. The highest BCUT2D eigenvalue weighted by molar-refractivity contribution is 5.86. The van der Waals surface area contributed by atoms with Gasteiger partial charge in [-0.15, -0.1) is 0 Å². The Labute approximate surface area is 151 Å². The van der Waals surface area contributed by atoms with Gasteiger partial charge in [0, 0.05) is 5.39 Å². The van der Waals surface area contributed by atoms with Crippen LogP contribution in [0.3, 0.4) is 0 Å². The van der Waals surface area contributed by atoms with Crippen LogP contribution in [0, 0.1) is 0 Å². The molecule has 0 unspecified atom stereocenters. The van der Waals surface area contributed by atoms with Crippen molar-refractivity contribution < 1.29 is 36.2 Å². The first-order chi connectivity index (χ1) is 12.6. The largest absolute Gasteiger partial charge is 0.433 e. The van der Waals surface area contributed by atoms with Crippen molar-refractivity contribution in [3.63, 3.8) is 0 Å². The zero-order chi connectivity index (χ0) is 19.8. The van der Waals surface area contributed by atoms with Crippen LogP contribution in [-0.4, -0.2) is 22.8 Å². The van der Waals surface area contributed by atoms with Crippen LogP contribution >= 0.6 is 0 Å². The maximum Gasteiger partial charge on any atom is 0.433 e. The van der Waals surface area contributed by atoms with E-state index in [0.29, 0.717) is 25.0 Å². The van der Waals surface area contributed by atoms with Gasteiger partial charge in [-0.05, 0) is 30.5 Å². The van der Waals surface area contributed by atoms with Crippen molar-refractivity contribution in [2.75, 3.05) is 6.61 Å². The Kier molecular flexibility index (Phi) is 5.36. The fourth-order valence-corrected chi connectivity index (χ4v) is 3.39. The molecule has 1 aliphatic rings.